The number of aromatic nitrogens is 1. The minimum absolute atomic E-state index is 0.0267. The molecule has 6 heteroatoms. The summed E-state index contributed by atoms with van der Waals surface area (Å²) in [5, 5.41) is 3.00. The van der Waals surface area contributed by atoms with Gasteiger partial charge in [0.2, 0.25) is 5.91 Å². The minimum atomic E-state index is 0.0267. The Balaban J connectivity index is 2.54. The molecule has 0 aliphatic rings. The van der Waals surface area contributed by atoms with Gasteiger partial charge in [0.05, 0.1) is 19.1 Å². The molecule has 1 heterocycles. The van der Waals surface area contributed by atoms with Gasteiger partial charge in [-0.25, -0.2) is 0 Å². The number of amides is 1. The lowest BCUT2D eigenvalue weighted by atomic mass is 10.1. The summed E-state index contributed by atoms with van der Waals surface area (Å²) >= 11 is 6.52. The van der Waals surface area contributed by atoms with Crippen molar-refractivity contribution >= 4 is 29.5 Å². The highest BCUT2D eigenvalue weighted by Crippen LogP contribution is 2.15. The summed E-state index contributed by atoms with van der Waals surface area (Å²) in [6.45, 7) is 4.59. The summed E-state index contributed by atoms with van der Waals surface area (Å²) in [7, 11) is 1.65. The molecule has 2 N–H and O–H groups in total. The summed E-state index contributed by atoms with van der Waals surface area (Å²) in [4.78, 5) is 16.0. The fourth-order valence-corrected chi connectivity index (χ4v) is 3.07. The fourth-order valence-electron chi connectivity index (χ4n) is 1.78. The Morgan fingerprint density at radius 1 is 1.61 bits per heavy atom. The van der Waals surface area contributed by atoms with E-state index in [1.54, 1.807) is 7.11 Å². The summed E-state index contributed by atoms with van der Waals surface area (Å²) in [6.07, 6.45) is 2.34. The fraction of sp³-hybridized carbons (Fsp3) is 0.667. The van der Waals surface area contributed by atoms with Crippen LogP contribution in [0.1, 0.15) is 30.3 Å². The van der Waals surface area contributed by atoms with Crippen LogP contribution in [0.15, 0.2) is 0 Å². The highest BCUT2D eigenvalue weighted by atomic mass is 32.1. The molecule has 0 fully saturated rings. The third-order valence-corrected chi connectivity index (χ3v) is 3.95. The second kappa shape index (κ2) is 7.66. The molecule has 0 bridgehead atoms. The molecule has 4 nitrogen and oxygen atoms in total. The predicted molar refractivity (Wildman–Crippen MR) is 76.7 cm³/mol. The molecule has 1 unspecified atom stereocenters. The van der Waals surface area contributed by atoms with Gasteiger partial charge < -0.3 is 15.0 Å². The maximum absolute atomic E-state index is 11.9. The first-order chi connectivity index (χ1) is 8.56. The maximum atomic E-state index is 11.9. The number of H-pyrrole nitrogens is 1. The van der Waals surface area contributed by atoms with Crippen molar-refractivity contribution in [3.8, 4) is 0 Å². The molecule has 0 radical (unpaired) electrons. The largest absolute Gasteiger partial charge is 0.383 e. The van der Waals surface area contributed by atoms with Crippen LogP contribution in [-0.4, -0.2) is 30.6 Å². The van der Waals surface area contributed by atoms with Crippen molar-refractivity contribution in [2.75, 3.05) is 13.7 Å². The van der Waals surface area contributed by atoms with Crippen molar-refractivity contribution in [2.24, 2.45) is 0 Å². The lowest BCUT2D eigenvalue weighted by Gasteiger charge is -2.16. The number of rotatable bonds is 7. The van der Waals surface area contributed by atoms with Crippen molar-refractivity contribution in [3.63, 3.8) is 0 Å². The van der Waals surface area contributed by atoms with E-state index in [2.05, 4.69) is 17.2 Å². The Labute approximate surface area is 117 Å². The first-order valence-electron chi connectivity index (χ1n) is 6.03. The summed E-state index contributed by atoms with van der Waals surface area (Å²) in [5.41, 5.74) is 0.985. The number of nitrogens with one attached hydrogen (secondary N) is 2. The average molecular weight is 288 g/mol. The molecule has 1 aromatic rings. The van der Waals surface area contributed by atoms with E-state index in [0.29, 0.717) is 13.0 Å². The Hall–Kier alpha value is -0.720. The van der Waals surface area contributed by atoms with Crippen LogP contribution < -0.4 is 5.32 Å². The van der Waals surface area contributed by atoms with Crippen LogP contribution in [0.4, 0.5) is 0 Å². The number of ether oxygens (including phenoxy) is 1. The van der Waals surface area contributed by atoms with Crippen LogP contribution >= 0.6 is 23.6 Å². The zero-order chi connectivity index (χ0) is 13.5. The monoisotopic (exact) mass is 288 g/mol. The van der Waals surface area contributed by atoms with E-state index < -0.39 is 0 Å². The number of carbonyl (C=O) groups excluding carboxylic acids is 1. The van der Waals surface area contributed by atoms with Crippen molar-refractivity contribution in [3.05, 3.63) is 14.5 Å². The smallest absolute Gasteiger partial charge is 0.225 e. The highest BCUT2D eigenvalue weighted by molar-refractivity contribution is 7.73. The van der Waals surface area contributed by atoms with Gasteiger partial charge in [-0.1, -0.05) is 13.3 Å². The second-order valence-corrected chi connectivity index (χ2v) is 6.02. The molecule has 18 heavy (non-hydrogen) atoms. The molecular formula is C12H20N2O2S2. The van der Waals surface area contributed by atoms with Gasteiger partial charge in [0.1, 0.15) is 0 Å². The van der Waals surface area contributed by atoms with E-state index in [9.17, 15) is 4.79 Å². The third kappa shape index (κ3) is 4.88. The van der Waals surface area contributed by atoms with Gasteiger partial charge in [-0.3, -0.25) is 4.79 Å². The second-order valence-electron chi connectivity index (χ2n) is 4.25. The summed E-state index contributed by atoms with van der Waals surface area (Å²) < 4.78 is 5.82. The van der Waals surface area contributed by atoms with E-state index in [1.165, 1.54) is 11.3 Å². The van der Waals surface area contributed by atoms with Gasteiger partial charge in [0, 0.05) is 17.7 Å². The number of aromatic amines is 1. The van der Waals surface area contributed by atoms with E-state index >= 15 is 0 Å². The van der Waals surface area contributed by atoms with Crippen molar-refractivity contribution in [1.29, 1.82) is 0 Å². The van der Waals surface area contributed by atoms with Gasteiger partial charge in [-0.15, -0.1) is 11.3 Å². The van der Waals surface area contributed by atoms with Gasteiger partial charge in [-0.2, -0.15) is 0 Å². The van der Waals surface area contributed by atoms with E-state index in [1.807, 2.05) is 6.92 Å². The number of hydrogen-bond donors (Lipinski definition) is 2. The zero-order valence-corrected chi connectivity index (χ0v) is 12.7. The van der Waals surface area contributed by atoms with Crippen molar-refractivity contribution in [1.82, 2.24) is 10.3 Å². The molecule has 1 atom stereocenters. The lowest BCUT2D eigenvalue weighted by Crippen LogP contribution is -2.38. The Morgan fingerprint density at radius 3 is 2.83 bits per heavy atom. The summed E-state index contributed by atoms with van der Waals surface area (Å²) in [5.74, 6) is 0.0267. The van der Waals surface area contributed by atoms with Crippen LogP contribution in [0.2, 0.25) is 0 Å². The van der Waals surface area contributed by atoms with Crippen LogP contribution in [0, 0.1) is 10.9 Å². The molecular weight excluding hydrogens is 268 g/mol. The Morgan fingerprint density at radius 2 is 2.33 bits per heavy atom. The molecule has 0 aliphatic heterocycles. The maximum Gasteiger partial charge on any atom is 0.225 e. The SMILES string of the molecule is CCCC(COC)NC(=O)Cc1sc(=S)[nH]c1C. The molecule has 0 aliphatic carbocycles. The van der Waals surface area contributed by atoms with Crippen LogP contribution in [0.3, 0.4) is 0 Å². The zero-order valence-electron chi connectivity index (χ0n) is 11.0. The highest BCUT2D eigenvalue weighted by Gasteiger charge is 2.13. The van der Waals surface area contributed by atoms with E-state index in [0.717, 1.165) is 27.4 Å². The molecule has 1 rings (SSSR count). The average Bonchev–Trinajstić information content (AvgIpc) is 2.58. The molecule has 0 spiro atoms. The molecule has 0 saturated carbocycles. The van der Waals surface area contributed by atoms with E-state index in [-0.39, 0.29) is 11.9 Å². The quantitative estimate of drug-likeness (QED) is 0.758. The van der Waals surface area contributed by atoms with Gasteiger partial charge >= 0.3 is 0 Å². The normalized spacial score (nSPS) is 12.4. The first-order valence-corrected chi connectivity index (χ1v) is 7.26. The number of aryl methyl sites for hydroxylation is 1. The molecule has 0 saturated heterocycles. The van der Waals surface area contributed by atoms with Crippen LogP contribution in [0.5, 0.6) is 0 Å². The number of hydrogen-bond acceptors (Lipinski definition) is 4. The van der Waals surface area contributed by atoms with Gasteiger partial charge in [0.15, 0.2) is 3.95 Å². The topological polar surface area (TPSA) is 54.1 Å². The number of carbonyl (C=O) groups is 1. The molecule has 102 valence electrons. The third-order valence-electron chi connectivity index (χ3n) is 2.61. The van der Waals surface area contributed by atoms with Gasteiger partial charge in [-0.05, 0) is 25.6 Å². The first kappa shape index (κ1) is 15.3. The Bertz CT molecular complexity index is 434. The van der Waals surface area contributed by atoms with Crippen LogP contribution in [-0.2, 0) is 16.0 Å². The molecule has 0 aromatic carbocycles. The predicted octanol–water partition coefficient (Wildman–Crippen LogP) is 2.59. The summed E-state index contributed by atoms with van der Waals surface area (Å²) in [6, 6.07) is 0.0970. The Kier molecular flexibility index (Phi) is 6.52. The molecule has 1 amide bonds. The number of thiazole rings is 1. The van der Waals surface area contributed by atoms with Crippen LogP contribution in [0.25, 0.3) is 0 Å². The van der Waals surface area contributed by atoms with Gasteiger partial charge in [0.25, 0.3) is 0 Å². The number of methoxy groups -OCH3 is 1. The van der Waals surface area contributed by atoms with Crippen molar-refractivity contribution in [2.45, 2.75) is 39.2 Å². The molecule has 1 aromatic heterocycles. The van der Waals surface area contributed by atoms with Crippen molar-refractivity contribution < 1.29 is 9.53 Å². The van der Waals surface area contributed by atoms with E-state index in [4.69, 9.17) is 17.0 Å². The standard InChI is InChI=1S/C12H20N2O2S2/c1-4-5-9(7-16-3)14-11(15)6-10-8(2)13-12(17)18-10/h9H,4-7H2,1-3H3,(H,13,17)(H,14,15). The lowest BCUT2D eigenvalue weighted by molar-refractivity contribution is -0.121. The minimum Gasteiger partial charge on any atom is -0.383 e.